The molecule has 0 N–H and O–H groups in total. The number of nitrogens with zero attached hydrogens (tertiary/aromatic N) is 1. The molecule has 0 aliphatic heterocycles. The molecule has 0 spiro atoms. The Kier molecular flexibility index (Phi) is 3.97. The highest BCUT2D eigenvalue weighted by atomic mass is 35.5. The first kappa shape index (κ1) is 13.3. The maximum atomic E-state index is 13.0. The Bertz CT molecular complexity index is 637. The molecule has 0 bridgehead atoms. The fourth-order valence-electron chi connectivity index (χ4n) is 1.38. The van der Waals surface area contributed by atoms with E-state index < -0.39 is 11.8 Å². The molecule has 2 rings (SSSR count). The van der Waals surface area contributed by atoms with Gasteiger partial charge in [-0.2, -0.15) is 0 Å². The van der Waals surface area contributed by atoms with Gasteiger partial charge in [0.05, 0.1) is 5.02 Å². The summed E-state index contributed by atoms with van der Waals surface area (Å²) in [5.41, 5.74) is 0.638. The van der Waals surface area contributed by atoms with Gasteiger partial charge in [0.15, 0.2) is 0 Å². The molecule has 0 amide bonds. The lowest BCUT2D eigenvalue weighted by molar-refractivity contribution is -0.140. The summed E-state index contributed by atoms with van der Waals surface area (Å²) in [6, 6.07) is 7.58. The number of halogens is 2. The van der Waals surface area contributed by atoms with Crippen LogP contribution < -0.4 is 0 Å². The van der Waals surface area contributed by atoms with Crippen LogP contribution >= 0.6 is 11.6 Å². The summed E-state index contributed by atoms with van der Waals surface area (Å²) in [4.78, 5) is 14.9. The molecule has 0 saturated carbocycles. The fourth-order valence-corrected chi connectivity index (χ4v) is 1.56. The van der Waals surface area contributed by atoms with Crippen LogP contribution in [0.2, 0.25) is 5.02 Å². The molecule has 1 heterocycles. The average Bonchev–Trinajstić information content (AvgIpc) is 2.81. The highest BCUT2D eigenvalue weighted by Gasteiger charge is 2.07. The van der Waals surface area contributed by atoms with E-state index in [1.165, 1.54) is 25.3 Å². The monoisotopic (exact) mass is 281 g/mol. The van der Waals surface area contributed by atoms with Crippen molar-refractivity contribution in [2.24, 2.45) is 5.16 Å². The molecule has 2 aromatic rings. The summed E-state index contributed by atoms with van der Waals surface area (Å²) in [6.45, 7) is 1.24. The number of oxime groups is 1. The van der Waals surface area contributed by atoms with Gasteiger partial charge in [0, 0.05) is 12.5 Å². The predicted octanol–water partition coefficient (Wildman–Crippen LogP) is 3.64. The van der Waals surface area contributed by atoms with E-state index in [9.17, 15) is 9.18 Å². The summed E-state index contributed by atoms with van der Waals surface area (Å²) in [5, 5.41) is 3.44. The summed E-state index contributed by atoms with van der Waals surface area (Å²) in [5.74, 6) is -0.107. The highest BCUT2D eigenvalue weighted by Crippen LogP contribution is 2.26. The molecule has 0 atom stereocenters. The van der Waals surface area contributed by atoms with Crippen LogP contribution in [-0.4, -0.2) is 12.2 Å². The van der Waals surface area contributed by atoms with Crippen LogP contribution in [0.3, 0.4) is 0 Å². The molecule has 0 saturated heterocycles. The Morgan fingerprint density at radius 2 is 2.21 bits per heavy atom. The highest BCUT2D eigenvalue weighted by molar-refractivity contribution is 6.31. The summed E-state index contributed by atoms with van der Waals surface area (Å²) >= 11 is 5.69. The second-order valence-electron chi connectivity index (χ2n) is 3.65. The maximum absolute atomic E-state index is 13.0. The number of benzene rings is 1. The van der Waals surface area contributed by atoms with E-state index in [2.05, 4.69) is 9.99 Å². The molecule has 0 fully saturated rings. The zero-order chi connectivity index (χ0) is 13.8. The van der Waals surface area contributed by atoms with Gasteiger partial charge in [-0.15, -0.1) is 0 Å². The second-order valence-corrected chi connectivity index (χ2v) is 4.06. The molecule has 0 unspecified atom stereocenters. The Balaban J connectivity index is 2.18. The lowest BCUT2D eigenvalue weighted by Gasteiger charge is -1.98. The van der Waals surface area contributed by atoms with Gasteiger partial charge in [0.25, 0.3) is 0 Å². The van der Waals surface area contributed by atoms with E-state index in [1.807, 2.05) is 0 Å². The molecule has 19 heavy (non-hydrogen) atoms. The van der Waals surface area contributed by atoms with Crippen molar-refractivity contribution in [3.05, 3.63) is 46.9 Å². The molecular formula is C13H9ClFNO3. The number of carbonyl (C=O) groups excluding carboxylic acids is 1. The van der Waals surface area contributed by atoms with E-state index >= 15 is 0 Å². The molecular weight excluding hydrogens is 273 g/mol. The average molecular weight is 282 g/mol. The van der Waals surface area contributed by atoms with Crippen molar-refractivity contribution in [3.63, 3.8) is 0 Å². The Hall–Kier alpha value is -2.14. The third-order valence-electron chi connectivity index (χ3n) is 2.19. The zero-order valence-electron chi connectivity index (χ0n) is 9.89. The van der Waals surface area contributed by atoms with E-state index in [0.717, 1.165) is 0 Å². The lowest BCUT2D eigenvalue weighted by atomic mass is 10.2. The van der Waals surface area contributed by atoms with Crippen LogP contribution in [0, 0.1) is 5.82 Å². The van der Waals surface area contributed by atoms with Crippen molar-refractivity contribution in [2.75, 3.05) is 0 Å². The molecule has 0 aliphatic carbocycles. The van der Waals surface area contributed by atoms with Crippen LogP contribution in [0.5, 0.6) is 0 Å². The van der Waals surface area contributed by atoms with Crippen LogP contribution in [0.15, 0.2) is 39.9 Å². The van der Waals surface area contributed by atoms with Gasteiger partial charge in [0.2, 0.25) is 0 Å². The van der Waals surface area contributed by atoms with Gasteiger partial charge in [-0.1, -0.05) is 16.8 Å². The Morgan fingerprint density at radius 3 is 2.89 bits per heavy atom. The summed E-state index contributed by atoms with van der Waals surface area (Å²) in [7, 11) is 0. The Labute approximate surface area is 113 Å². The molecule has 1 aromatic carbocycles. The minimum atomic E-state index is -0.520. The van der Waals surface area contributed by atoms with Gasteiger partial charge >= 0.3 is 5.97 Å². The van der Waals surface area contributed by atoms with Crippen molar-refractivity contribution < 1.29 is 18.4 Å². The molecule has 98 valence electrons. The molecule has 6 heteroatoms. The van der Waals surface area contributed by atoms with E-state index in [-0.39, 0.29) is 5.02 Å². The largest absolute Gasteiger partial charge is 0.455 e. The van der Waals surface area contributed by atoms with Gasteiger partial charge in [-0.25, -0.2) is 9.18 Å². The van der Waals surface area contributed by atoms with Crippen molar-refractivity contribution in [1.82, 2.24) is 0 Å². The minimum absolute atomic E-state index is 0.0176. The second kappa shape index (κ2) is 5.67. The van der Waals surface area contributed by atoms with Crippen molar-refractivity contribution >= 4 is 23.8 Å². The van der Waals surface area contributed by atoms with E-state index in [4.69, 9.17) is 16.0 Å². The molecule has 0 aliphatic rings. The normalized spacial score (nSPS) is 10.9. The fraction of sp³-hybridized carbons (Fsp3) is 0.0769. The van der Waals surface area contributed by atoms with Gasteiger partial charge < -0.3 is 9.25 Å². The number of carbonyl (C=O) groups is 1. The van der Waals surface area contributed by atoms with Crippen LogP contribution in [0.25, 0.3) is 11.3 Å². The first-order valence-corrected chi connectivity index (χ1v) is 5.70. The summed E-state index contributed by atoms with van der Waals surface area (Å²) < 4.78 is 18.5. The van der Waals surface area contributed by atoms with Crippen LogP contribution in [0.4, 0.5) is 4.39 Å². The Morgan fingerprint density at radius 1 is 1.42 bits per heavy atom. The first-order valence-electron chi connectivity index (χ1n) is 5.32. The van der Waals surface area contributed by atoms with Gasteiger partial charge in [-0.3, -0.25) is 0 Å². The van der Waals surface area contributed by atoms with Gasteiger partial charge in [-0.05, 0) is 30.3 Å². The predicted molar refractivity (Wildman–Crippen MR) is 68.5 cm³/mol. The number of hydrogen-bond acceptors (Lipinski definition) is 4. The smallest absolute Gasteiger partial charge is 0.331 e. The molecule has 4 nitrogen and oxygen atoms in total. The number of hydrogen-bond donors (Lipinski definition) is 0. The SMILES string of the molecule is CC(=O)O/N=C/c1ccc(-c2ccc(F)c(Cl)c2)o1. The third-order valence-corrected chi connectivity index (χ3v) is 2.48. The number of furan rings is 1. The summed E-state index contributed by atoms with van der Waals surface area (Å²) in [6.07, 6.45) is 1.26. The standard InChI is InChI=1S/C13H9ClFNO3/c1-8(17)19-16-7-10-3-5-13(18-10)9-2-4-12(15)11(14)6-9/h2-7H,1H3/b16-7+. The molecule has 0 radical (unpaired) electrons. The van der Waals surface area contributed by atoms with E-state index in [1.54, 1.807) is 18.2 Å². The van der Waals surface area contributed by atoms with Gasteiger partial charge in [0.1, 0.15) is 23.6 Å². The van der Waals surface area contributed by atoms with E-state index in [0.29, 0.717) is 17.1 Å². The van der Waals surface area contributed by atoms with Crippen molar-refractivity contribution in [2.45, 2.75) is 6.92 Å². The van der Waals surface area contributed by atoms with Crippen LogP contribution in [-0.2, 0) is 9.63 Å². The quantitative estimate of drug-likeness (QED) is 0.490. The molecule has 1 aromatic heterocycles. The van der Waals surface area contributed by atoms with Crippen LogP contribution in [0.1, 0.15) is 12.7 Å². The minimum Gasteiger partial charge on any atom is -0.455 e. The van der Waals surface area contributed by atoms with Crippen molar-refractivity contribution in [3.8, 4) is 11.3 Å². The van der Waals surface area contributed by atoms with Crippen molar-refractivity contribution in [1.29, 1.82) is 0 Å². The first-order chi connectivity index (χ1) is 9.06. The zero-order valence-corrected chi connectivity index (χ0v) is 10.6. The number of rotatable bonds is 3. The third kappa shape index (κ3) is 3.42. The topological polar surface area (TPSA) is 51.8 Å². The lowest BCUT2D eigenvalue weighted by Crippen LogP contribution is -1.90. The maximum Gasteiger partial charge on any atom is 0.331 e.